The SMILES string of the molecule is NC1=CCCC(C2=CC=CCC2)=C1N. The van der Waals surface area contributed by atoms with Gasteiger partial charge in [0.1, 0.15) is 0 Å². The molecule has 2 aliphatic carbocycles. The van der Waals surface area contributed by atoms with Gasteiger partial charge in [-0.05, 0) is 36.8 Å². The van der Waals surface area contributed by atoms with Crippen molar-refractivity contribution in [3.05, 3.63) is 46.8 Å². The van der Waals surface area contributed by atoms with Gasteiger partial charge < -0.3 is 11.5 Å². The van der Waals surface area contributed by atoms with E-state index >= 15 is 0 Å². The lowest BCUT2D eigenvalue weighted by Gasteiger charge is -2.20. The van der Waals surface area contributed by atoms with Gasteiger partial charge in [-0.2, -0.15) is 0 Å². The molecule has 0 aromatic heterocycles. The van der Waals surface area contributed by atoms with Gasteiger partial charge in [-0.3, -0.25) is 0 Å². The maximum Gasteiger partial charge on any atom is 0.0579 e. The van der Waals surface area contributed by atoms with Gasteiger partial charge in [-0.1, -0.05) is 24.3 Å². The van der Waals surface area contributed by atoms with Crippen molar-refractivity contribution < 1.29 is 0 Å². The van der Waals surface area contributed by atoms with Crippen LogP contribution < -0.4 is 11.5 Å². The fourth-order valence-electron chi connectivity index (χ4n) is 1.98. The first kappa shape index (κ1) is 9.13. The average Bonchev–Trinajstić information content (AvgIpc) is 2.23. The number of hydrogen-bond acceptors (Lipinski definition) is 2. The molecule has 0 spiro atoms. The second kappa shape index (κ2) is 3.74. The van der Waals surface area contributed by atoms with E-state index in [0.29, 0.717) is 0 Å². The topological polar surface area (TPSA) is 52.0 Å². The second-order valence-corrected chi connectivity index (χ2v) is 3.75. The van der Waals surface area contributed by atoms with Gasteiger partial charge in [0, 0.05) is 0 Å². The van der Waals surface area contributed by atoms with Crippen LogP contribution in [-0.2, 0) is 0 Å². The maximum atomic E-state index is 5.97. The summed E-state index contributed by atoms with van der Waals surface area (Å²) in [6, 6.07) is 0. The molecular formula is C12H16N2. The summed E-state index contributed by atoms with van der Waals surface area (Å²) in [6.07, 6.45) is 12.7. The third-order valence-corrected chi connectivity index (χ3v) is 2.80. The molecule has 0 heterocycles. The maximum absolute atomic E-state index is 5.97. The molecule has 4 N–H and O–H groups in total. The molecule has 2 heteroatoms. The zero-order valence-electron chi connectivity index (χ0n) is 8.29. The van der Waals surface area contributed by atoms with Gasteiger partial charge in [0.2, 0.25) is 0 Å². The van der Waals surface area contributed by atoms with E-state index < -0.39 is 0 Å². The standard InChI is InChI=1S/C12H16N2/c13-11-8-4-7-10(12(11)14)9-5-2-1-3-6-9/h1-2,5,8H,3-4,6-7,13-14H2. The molecule has 0 saturated heterocycles. The van der Waals surface area contributed by atoms with Crippen LogP contribution >= 0.6 is 0 Å². The Morgan fingerprint density at radius 3 is 2.64 bits per heavy atom. The molecule has 0 bridgehead atoms. The van der Waals surface area contributed by atoms with E-state index in [0.717, 1.165) is 37.1 Å². The summed E-state index contributed by atoms with van der Waals surface area (Å²) < 4.78 is 0. The highest BCUT2D eigenvalue weighted by Gasteiger charge is 2.14. The summed E-state index contributed by atoms with van der Waals surface area (Å²) in [4.78, 5) is 0. The molecule has 0 radical (unpaired) electrons. The molecule has 0 saturated carbocycles. The monoisotopic (exact) mass is 188 g/mol. The molecule has 74 valence electrons. The van der Waals surface area contributed by atoms with Gasteiger partial charge in [-0.25, -0.2) is 0 Å². The summed E-state index contributed by atoms with van der Waals surface area (Å²) in [5.74, 6) is 0. The van der Waals surface area contributed by atoms with Crippen molar-refractivity contribution in [2.45, 2.75) is 25.7 Å². The molecule has 0 aliphatic heterocycles. The first-order valence-corrected chi connectivity index (χ1v) is 5.09. The average molecular weight is 188 g/mol. The van der Waals surface area contributed by atoms with Crippen molar-refractivity contribution in [1.82, 2.24) is 0 Å². The van der Waals surface area contributed by atoms with Crippen LogP contribution in [0.3, 0.4) is 0 Å². The lowest BCUT2D eigenvalue weighted by atomic mass is 9.89. The van der Waals surface area contributed by atoms with Crippen LogP contribution in [0.15, 0.2) is 46.8 Å². The Balaban J connectivity index is 2.33. The van der Waals surface area contributed by atoms with E-state index in [2.05, 4.69) is 18.2 Å². The molecule has 0 aromatic rings. The van der Waals surface area contributed by atoms with Crippen molar-refractivity contribution in [2.24, 2.45) is 11.5 Å². The zero-order chi connectivity index (χ0) is 9.97. The third-order valence-electron chi connectivity index (χ3n) is 2.80. The Morgan fingerprint density at radius 2 is 1.93 bits per heavy atom. The van der Waals surface area contributed by atoms with Crippen LogP contribution in [0, 0.1) is 0 Å². The molecule has 0 unspecified atom stereocenters. The van der Waals surface area contributed by atoms with Gasteiger partial charge in [-0.15, -0.1) is 0 Å². The van der Waals surface area contributed by atoms with E-state index in [-0.39, 0.29) is 0 Å². The van der Waals surface area contributed by atoms with Crippen LogP contribution in [0.25, 0.3) is 0 Å². The normalized spacial score (nSPS) is 22.0. The molecule has 2 rings (SSSR count). The minimum absolute atomic E-state index is 0.752. The number of nitrogens with two attached hydrogens (primary N) is 2. The summed E-state index contributed by atoms with van der Waals surface area (Å²) in [6.45, 7) is 0. The molecule has 2 nitrogen and oxygen atoms in total. The predicted octanol–water partition coefficient (Wildman–Crippen LogP) is 2.11. The first-order chi connectivity index (χ1) is 6.79. The Kier molecular flexibility index (Phi) is 2.44. The molecule has 0 amide bonds. The van der Waals surface area contributed by atoms with Crippen molar-refractivity contribution in [2.75, 3.05) is 0 Å². The quantitative estimate of drug-likeness (QED) is 0.662. The molecule has 14 heavy (non-hydrogen) atoms. The summed E-state index contributed by atoms with van der Waals surface area (Å²) >= 11 is 0. The first-order valence-electron chi connectivity index (χ1n) is 5.09. The van der Waals surface area contributed by atoms with Gasteiger partial charge in [0.15, 0.2) is 0 Å². The number of allylic oxidation sites excluding steroid dienone is 6. The molecule has 0 fully saturated rings. The Hall–Kier alpha value is -1.44. The van der Waals surface area contributed by atoms with Crippen molar-refractivity contribution in [1.29, 1.82) is 0 Å². The van der Waals surface area contributed by atoms with Gasteiger partial charge in [0.25, 0.3) is 0 Å². The Morgan fingerprint density at radius 1 is 1.07 bits per heavy atom. The molecule has 0 aromatic carbocycles. The van der Waals surface area contributed by atoms with E-state index in [9.17, 15) is 0 Å². The predicted molar refractivity (Wildman–Crippen MR) is 59.2 cm³/mol. The summed E-state index contributed by atoms with van der Waals surface area (Å²) in [7, 11) is 0. The lowest BCUT2D eigenvalue weighted by Crippen LogP contribution is -2.16. The highest BCUT2D eigenvalue weighted by Crippen LogP contribution is 2.29. The highest BCUT2D eigenvalue weighted by molar-refractivity contribution is 5.46. The van der Waals surface area contributed by atoms with Crippen LogP contribution in [0.1, 0.15) is 25.7 Å². The van der Waals surface area contributed by atoms with E-state index in [1.807, 2.05) is 6.08 Å². The Bertz CT molecular complexity index is 357. The zero-order valence-corrected chi connectivity index (χ0v) is 8.29. The number of hydrogen-bond donors (Lipinski definition) is 2. The van der Waals surface area contributed by atoms with Crippen LogP contribution in [-0.4, -0.2) is 0 Å². The van der Waals surface area contributed by atoms with E-state index in [1.165, 1.54) is 11.1 Å². The van der Waals surface area contributed by atoms with E-state index in [1.54, 1.807) is 0 Å². The third kappa shape index (κ3) is 1.60. The second-order valence-electron chi connectivity index (χ2n) is 3.75. The van der Waals surface area contributed by atoms with Crippen molar-refractivity contribution in [3.8, 4) is 0 Å². The summed E-state index contributed by atoms with van der Waals surface area (Å²) in [5, 5.41) is 0. The van der Waals surface area contributed by atoms with Crippen LogP contribution in [0.5, 0.6) is 0 Å². The summed E-state index contributed by atoms with van der Waals surface area (Å²) in [5.41, 5.74) is 15.9. The number of rotatable bonds is 1. The van der Waals surface area contributed by atoms with E-state index in [4.69, 9.17) is 11.5 Å². The van der Waals surface area contributed by atoms with Crippen LogP contribution in [0.2, 0.25) is 0 Å². The van der Waals surface area contributed by atoms with Crippen LogP contribution in [0.4, 0.5) is 0 Å². The lowest BCUT2D eigenvalue weighted by molar-refractivity contribution is 0.865. The largest absolute Gasteiger partial charge is 0.397 e. The molecular weight excluding hydrogens is 172 g/mol. The fourth-order valence-corrected chi connectivity index (χ4v) is 1.98. The van der Waals surface area contributed by atoms with Gasteiger partial charge >= 0.3 is 0 Å². The minimum atomic E-state index is 0.752. The Labute approximate surface area is 84.7 Å². The molecule has 0 atom stereocenters. The fraction of sp³-hybridized carbons (Fsp3) is 0.333. The van der Waals surface area contributed by atoms with Crippen molar-refractivity contribution in [3.63, 3.8) is 0 Å². The molecule has 2 aliphatic rings. The van der Waals surface area contributed by atoms with Gasteiger partial charge in [0.05, 0.1) is 11.4 Å². The smallest absolute Gasteiger partial charge is 0.0579 e. The van der Waals surface area contributed by atoms with Crippen molar-refractivity contribution >= 4 is 0 Å². The minimum Gasteiger partial charge on any atom is -0.397 e. The highest BCUT2D eigenvalue weighted by atomic mass is 14.7.